The minimum atomic E-state index is -0.847. The van der Waals surface area contributed by atoms with E-state index in [4.69, 9.17) is 10.8 Å². The molecule has 4 rings (SSSR count). The fourth-order valence-corrected chi connectivity index (χ4v) is 5.74. The molecule has 28 heavy (non-hydrogen) atoms. The van der Waals surface area contributed by atoms with Crippen molar-refractivity contribution < 1.29 is 9.90 Å². The molecule has 1 aliphatic heterocycles. The summed E-state index contributed by atoms with van der Waals surface area (Å²) in [4.78, 5) is 21.4. The van der Waals surface area contributed by atoms with E-state index in [1.807, 2.05) is 12.1 Å². The molecule has 0 radical (unpaired) electrons. The van der Waals surface area contributed by atoms with Crippen LogP contribution in [-0.2, 0) is 19.4 Å². The van der Waals surface area contributed by atoms with Gasteiger partial charge in [0.25, 0.3) is 0 Å². The Balaban J connectivity index is 1.82. The smallest absolute Gasteiger partial charge is 0.337 e. The zero-order valence-corrected chi connectivity index (χ0v) is 17.4. The molecule has 6 nitrogen and oxygen atoms in total. The summed E-state index contributed by atoms with van der Waals surface area (Å²) >= 11 is 1.62. The van der Waals surface area contributed by atoms with Crippen LogP contribution in [0.1, 0.15) is 59.6 Å². The Bertz CT molecular complexity index is 900. The van der Waals surface area contributed by atoms with E-state index in [2.05, 4.69) is 24.2 Å². The lowest BCUT2D eigenvalue weighted by molar-refractivity contribution is 0.0696. The first kappa shape index (κ1) is 19.4. The van der Waals surface area contributed by atoms with Gasteiger partial charge in [-0.25, -0.2) is 9.78 Å². The summed E-state index contributed by atoms with van der Waals surface area (Å²) < 4.78 is 0. The molecule has 1 saturated heterocycles. The third-order valence-corrected chi connectivity index (χ3v) is 7.22. The maximum atomic E-state index is 12.2. The number of aryl methyl sites for hydroxylation is 1. The van der Waals surface area contributed by atoms with E-state index in [1.165, 1.54) is 17.7 Å². The number of aromatic carboxylic acids is 1. The van der Waals surface area contributed by atoms with E-state index in [-0.39, 0.29) is 5.41 Å². The Kier molecular flexibility index (Phi) is 5.16. The highest BCUT2D eigenvalue weighted by Gasteiger charge is 2.33. The highest BCUT2D eigenvalue weighted by atomic mass is 32.1. The van der Waals surface area contributed by atoms with Crippen LogP contribution in [0.25, 0.3) is 10.4 Å². The highest BCUT2D eigenvalue weighted by molar-refractivity contribution is 7.16. The Hall–Kier alpha value is -1.96. The van der Waals surface area contributed by atoms with Crippen LogP contribution in [0.2, 0.25) is 0 Å². The number of carbonyl (C=O) groups is 1. The Labute approximate surface area is 169 Å². The van der Waals surface area contributed by atoms with Crippen LogP contribution in [-0.4, -0.2) is 29.1 Å². The Morgan fingerprint density at radius 1 is 1.36 bits per heavy atom. The summed E-state index contributed by atoms with van der Waals surface area (Å²) in [5, 5.41) is 10.0. The number of pyridine rings is 1. The summed E-state index contributed by atoms with van der Waals surface area (Å²) in [7, 11) is 0. The number of thiophene rings is 1. The number of hydrogen-bond donors (Lipinski definition) is 3. The largest absolute Gasteiger partial charge is 0.478 e. The fourth-order valence-electron chi connectivity index (χ4n) is 4.39. The van der Waals surface area contributed by atoms with Gasteiger partial charge in [0, 0.05) is 23.5 Å². The number of hydrazine groups is 1. The second-order valence-electron chi connectivity index (χ2n) is 8.59. The normalized spacial score (nSPS) is 18.3. The van der Waals surface area contributed by atoms with Crippen LogP contribution in [0.4, 0.5) is 5.82 Å². The number of nitrogens with one attached hydrogen (secondary N) is 1. The van der Waals surface area contributed by atoms with E-state index in [0.717, 1.165) is 59.9 Å². The maximum Gasteiger partial charge on any atom is 0.337 e. The molecule has 1 aliphatic carbocycles. The van der Waals surface area contributed by atoms with Gasteiger partial charge in [0.15, 0.2) is 0 Å². The summed E-state index contributed by atoms with van der Waals surface area (Å²) in [5.41, 5.74) is 6.02. The van der Waals surface area contributed by atoms with Crippen molar-refractivity contribution >= 4 is 23.1 Å². The molecule has 0 atom stereocenters. The molecule has 2 aromatic rings. The van der Waals surface area contributed by atoms with Crippen molar-refractivity contribution in [2.75, 3.05) is 18.0 Å². The molecular weight excluding hydrogens is 372 g/mol. The lowest BCUT2D eigenvalue weighted by atomic mass is 9.76. The number of rotatable bonds is 5. The number of carboxylic acids is 1. The van der Waals surface area contributed by atoms with Crippen molar-refractivity contribution in [3.05, 3.63) is 33.8 Å². The van der Waals surface area contributed by atoms with Crippen LogP contribution < -0.4 is 16.2 Å². The Morgan fingerprint density at radius 2 is 2.11 bits per heavy atom. The molecule has 0 spiro atoms. The molecule has 0 aromatic carbocycles. The van der Waals surface area contributed by atoms with Crippen LogP contribution in [0, 0.1) is 5.41 Å². The van der Waals surface area contributed by atoms with Gasteiger partial charge in [-0.1, -0.05) is 13.8 Å². The molecule has 0 bridgehead atoms. The van der Waals surface area contributed by atoms with Crippen LogP contribution in [0.5, 0.6) is 0 Å². The number of aromatic nitrogens is 1. The molecule has 150 valence electrons. The summed E-state index contributed by atoms with van der Waals surface area (Å²) in [5.74, 6) is 5.73. The van der Waals surface area contributed by atoms with E-state index >= 15 is 0 Å². The van der Waals surface area contributed by atoms with Gasteiger partial charge < -0.3 is 10.0 Å². The number of hydrogen-bond acceptors (Lipinski definition) is 6. The van der Waals surface area contributed by atoms with E-state index in [1.54, 1.807) is 11.3 Å². The van der Waals surface area contributed by atoms with Gasteiger partial charge in [0.2, 0.25) is 0 Å². The van der Waals surface area contributed by atoms with Crippen molar-refractivity contribution in [2.45, 2.75) is 52.5 Å². The third-order valence-electron chi connectivity index (χ3n) is 5.89. The predicted molar refractivity (Wildman–Crippen MR) is 113 cm³/mol. The lowest BCUT2D eigenvalue weighted by Gasteiger charge is -2.29. The number of anilines is 1. The average molecular weight is 401 g/mol. The summed E-state index contributed by atoms with van der Waals surface area (Å²) in [6.45, 7) is 6.88. The maximum absolute atomic E-state index is 12.2. The number of nitrogens with two attached hydrogens (primary N) is 1. The SMILES string of the molecule is CC1(C)CCc2sc(-c3ccc(N4CCCC4)nc3CNN)c(C(=O)O)c2C1. The van der Waals surface area contributed by atoms with Crippen LogP contribution in [0.15, 0.2) is 12.1 Å². The van der Waals surface area contributed by atoms with Crippen LogP contribution in [0.3, 0.4) is 0 Å². The van der Waals surface area contributed by atoms with Crippen molar-refractivity contribution in [1.82, 2.24) is 10.4 Å². The highest BCUT2D eigenvalue weighted by Crippen LogP contribution is 2.45. The minimum Gasteiger partial charge on any atom is -0.478 e. The van der Waals surface area contributed by atoms with E-state index in [0.29, 0.717) is 12.1 Å². The molecule has 3 heterocycles. The van der Waals surface area contributed by atoms with Gasteiger partial charge in [-0.15, -0.1) is 11.3 Å². The van der Waals surface area contributed by atoms with Crippen molar-refractivity contribution in [1.29, 1.82) is 0 Å². The molecule has 2 aliphatic rings. The Morgan fingerprint density at radius 3 is 2.79 bits per heavy atom. The van der Waals surface area contributed by atoms with Gasteiger partial charge >= 0.3 is 5.97 Å². The monoisotopic (exact) mass is 400 g/mol. The first-order chi connectivity index (χ1) is 13.4. The van der Waals surface area contributed by atoms with Crippen molar-refractivity contribution in [3.8, 4) is 10.4 Å². The molecule has 0 amide bonds. The predicted octanol–water partition coefficient (Wildman–Crippen LogP) is 3.59. The van der Waals surface area contributed by atoms with Crippen molar-refractivity contribution in [2.24, 2.45) is 11.3 Å². The van der Waals surface area contributed by atoms with E-state index < -0.39 is 5.97 Å². The second kappa shape index (κ2) is 7.46. The average Bonchev–Trinajstić information content (AvgIpc) is 3.28. The van der Waals surface area contributed by atoms with Gasteiger partial charge in [-0.2, -0.15) is 0 Å². The third kappa shape index (κ3) is 3.54. The number of fused-ring (bicyclic) bond motifs is 1. The topological polar surface area (TPSA) is 91.5 Å². The summed E-state index contributed by atoms with van der Waals surface area (Å²) in [6.07, 6.45) is 5.21. The lowest BCUT2D eigenvalue weighted by Crippen LogP contribution is -2.24. The number of carboxylic acid groups (broad SMARTS) is 1. The molecule has 0 saturated carbocycles. The zero-order valence-electron chi connectivity index (χ0n) is 16.5. The molecule has 2 aromatic heterocycles. The molecule has 7 heteroatoms. The van der Waals surface area contributed by atoms with Gasteiger partial charge in [0.1, 0.15) is 5.82 Å². The first-order valence-electron chi connectivity index (χ1n) is 9.96. The van der Waals surface area contributed by atoms with Crippen molar-refractivity contribution in [3.63, 3.8) is 0 Å². The number of nitrogens with zero attached hydrogens (tertiary/aromatic N) is 2. The van der Waals surface area contributed by atoms with Crippen LogP contribution >= 0.6 is 11.3 Å². The second-order valence-corrected chi connectivity index (χ2v) is 9.70. The van der Waals surface area contributed by atoms with Gasteiger partial charge in [-0.3, -0.25) is 11.3 Å². The first-order valence-corrected chi connectivity index (χ1v) is 10.8. The fraction of sp³-hybridized carbons (Fsp3) is 0.524. The standard InChI is InChI=1S/C21H28N4O2S/c1-21(2)8-7-16-14(11-21)18(20(26)27)19(28-16)13-5-6-17(24-15(13)12-23-22)25-9-3-4-10-25/h5-6,23H,3-4,7-12,22H2,1-2H3,(H,26,27). The molecule has 0 unspecified atom stereocenters. The molecular formula is C21H28N4O2S. The zero-order chi connectivity index (χ0) is 19.9. The minimum absolute atomic E-state index is 0.134. The summed E-state index contributed by atoms with van der Waals surface area (Å²) in [6, 6.07) is 4.05. The van der Waals surface area contributed by atoms with Gasteiger partial charge in [0.05, 0.1) is 22.7 Å². The van der Waals surface area contributed by atoms with Gasteiger partial charge in [-0.05, 0) is 55.2 Å². The molecule has 4 N–H and O–H groups in total. The molecule has 1 fully saturated rings. The quantitative estimate of drug-likeness (QED) is 0.525. The van der Waals surface area contributed by atoms with E-state index in [9.17, 15) is 9.90 Å².